The van der Waals surface area contributed by atoms with Gasteiger partial charge in [-0.15, -0.1) is 11.3 Å². The number of nitrogens with zero attached hydrogens (tertiary/aromatic N) is 3. The summed E-state index contributed by atoms with van der Waals surface area (Å²) >= 11 is 1.56. The Labute approximate surface area is 126 Å². The molecule has 0 unspecified atom stereocenters. The molecule has 0 N–H and O–H groups in total. The minimum atomic E-state index is 0.0417. The van der Waals surface area contributed by atoms with Crippen LogP contribution in [-0.2, 0) is 17.8 Å². The standard InChI is InChI=1S/C15H17N3O2S/c1-9-8-11-13(21-9)16-12-4-5-17(14(19)10-2-3-10)6-7-18(12)15(11)20/h8,10H,2-7H2,1H3. The third-order valence-corrected chi connectivity index (χ3v) is 5.23. The van der Waals surface area contributed by atoms with Crippen molar-refractivity contribution in [2.45, 2.75) is 32.7 Å². The van der Waals surface area contributed by atoms with Crippen LogP contribution in [0.1, 0.15) is 23.5 Å². The number of rotatable bonds is 1. The molecule has 1 saturated carbocycles. The van der Waals surface area contributed by atoms with Gasteiger partial charge in [-0.05, 0) is 25.8 Å². The van der Waals surface area contributed by atoms with Crippen molar-refractivity contribution in [2.24, 2.45) is 5.92 Å². The van der Waals surface area contributed by atoms with Crippen LogP contribution in [0.3, 0.4) is 0 Å². The molecule has 5 nitrogen and oxygen atoms in total. The minimum absolute atomic E-state index is 0.0417. The molecule has 1 aliphatic carbocycles. The van der Waals surface area contributed by atoms with Gasteiger partial charge in [0.15, 0.2) is 0 Å². The van der Waals surface area contributed by atoms with Crippen LogP contribution in [0.25, 0.3) is 10.2 Å². The molecular formula is C15H17N3O2S. The van der Waals surface area contributed by atoms with Crippen LogP contribution < -0.4 is 5.56 Å². The average Bonchev–Trinajstić information content (AvgIpc) is 3.25. The van der Waals surface area contributed by atoms with E-state index in [4.69, 9.17) is 0 Å². The Hall–Kier alpha value is -1.69. The maximum absolute atomic E-state index is 12.6. The number of carbonyl (C=O) groups is 1. The normalized spacial score (nSPS) is 18.6. The van der Waals surface area contributed by atoms with Crippen LogP contribution in [0.2, 0.25) is 0 Å². The molecule has 3 heterocycles. The maximum Gasteiger partial charge on any atom is 0.262 e. The van der Waals surface area contributed by atoms with E-state index in [0.717, 1.165) is 28.4 Å². The zero-order valence-electron chi connectivity index (χ0n) is 12.0. The van der Waals surface area contributed by atoms with Crippen molar-refractivity contribution in [3.05, 3.63) is 27.1 Å². The second kappa shape index (κ2) is 4.66. The molecule has 0 radical (unpaired) electrons. The molecular weight excluding hydrogens is 286 g/mol. The largest absolute Gasteiger partial charge is 0.340 e. The highest BCUT2D eigenvalue weighted by Gasteiger charge is 2.34. The first-order chi connectivity index (χ1) is 10.1. The number of carbonyl (C=O) groups excluding carboxylic acids is 1. The highest BCUT2D eigenvalue weighted by molar-refractivity contribution is 7.18. The van der Waals surface area contributed by atoms with E-state index in [1.54, 1.807) is 15.9 Å². The molecule has 1 aliphatic heterocycles. The summed E-state index contributed by atoms with van der Waals surface area (Å²) in [6, 6.07) is 1.92. The van der Waals surface area contributed by atoms with Gasteiger partial charge in [0.1, 0.15) is 10.7 Å². The molecule has 0 atom stereocenters. The molecule has 2 aromatic heterocycles. The lowest BCUT2D eigenvalue weighted by Gasteiger charge is -2.19. The second-order valence-corrected chi connectivity index (χ2v) is 7.15. The highest BCUT2D eigenvalue weighted by atomic mass is 32.1. The second-order valence-electron chi connectivity index (χ2n) is 5.91. The van der Waals surface area contributed by atoms with Crippen LogP contribution in [0.4, 0.5) is 0 Å². The summed E-state index contributed by atoms with van der Waals surface area (Å²) in [6.45, 7) is 3.86. The number of thiophene rings is 1. The monoisotopic (exact) mass is 303 g/mol. The molecule has 110 valence electrons. The van der Waals surface area contributed by atoms with E-state index in [-0.39, 0.29) is 17.4 Å². The fourth-order valence-corrected chi connectivity index (χ4v) is 3.87. The Kier molecular flexibility index (Phi) is 2.89. The Morgan fingerprint density at radius 3 is 2.90 bits per heavy atom. The number of aryl methyl sites for hydroxylation is 1. The van der Waals surface area contributed by atoms with Gasteiger partial charge in [0.05, 0.1) is 5.39 Å². The fourth-order valence-electron chi connectivity index (χ4n) is 2.98. The summed E-state index contributed by atoms with van der Waals surface area (Å²) in [6.07, 6.45) is 2.71. The minimum Gasteiger partial charge on any atom is -0.340 e. The Morgan fingerprint density at radius 2 is 2.14 bits per heavy atom. The zero-order chi connectivity index (χ0) is 14.6. The first-order valence-corrected chi connectivity index (χ1v) is 8.24. The zero-order valence-corrected chi connectivity index (χ0v) is 12.8. The summed E-state index contributed by atoms with van der Waals surface area (Å²) < 4.78 is 1.76. The van der Waals surface area contributed by atoms with Crippen LogP contribution in [-0.4, -0.2) is 33.4 Å². The molecule has 1 fully saturated rings. The molecule has 1 amide bonds. The molecule has 4 rings (SSSR count). The molecule has 2 aliphatic rings. The van der Waals surface area contributed by atoms with Crippen molar-refractivity contribution in [3.8, 4) is 0 Å². The van der Waals surface area contributed by atoms with Gasteiger partial charge in [0.25, 0.3) is 5.56 Å². The smallest absolute Gasteiger partial charge is 0.262 e. The molecule has 0 aromatic carbocycles. The van der Waals surface area contributed by atoms with Crippen LogP contribution in [0.15, 0.2) is 10.9 Å². The lowest BCUT2D eigenvalue weighted by atomic mass is 10.3. The van der Waals surface area contributed by atoms with E-state index in [1.165, 1.54) is 0 Å². The Morgan fingerprint density at radius 1 is 1.33 bits per heavy atom. The van der Waals surface area contributed by atoms with Crippen LogP contribution in [0, 0.1) is 12.8 Å². The lowest BCUT2D eigenvalue weighted by molar-refractivity contribution is -0.132. The van der Waals surface area contributed by atoms with Crippen molar-refractivity contribution in [1.82, 2.24) is 14.5 Å². The van der Waals surface area contributed by atoms with Crippen LogP contribution >= 0.6 is 11.3 Å². The van der Waals surface area contributed by atoms with Crippen LogP contribution in [0.5, 0.6) is 0 Å². The SMILES string of the molecule is Cc1cc2c(=O)n3c(nc2s1)CCN(C(=O)C1CC1)CC3. The summed E-state index contributed by atoms with van der Waals surface area (Å²) in [5.41, 5.74) is 0.0417. The number of amides is 1. The van der Waals surface area contributed by atoms with E-state index >= 15 is 0 Å². The average molecular weight is 303 g/mol. The van der Waals surface area contributed by atoms with Crippen molar-refractivity contribution in [1.29, 1.82) is 0 Å². The maximum atomic E-state index is 12.6. The van der Waals surface area contributed by atoms with Gasteiger partial charge in [-0.3, -0.25) is 14.2 Å². The quantitative estimate of drug-likeness (QED) is 0.803. The van der Waals surface area contributed by atoms with Crippen molar-refractivity contribution < 1.29 is 4.79 Å². The van der Waals surface area contributed by atoms with Crippen molar-refractivity contribution in [3.63, 3.8) is 0 Å². The van der Waals surface area contributed by atoms with Gasteiger partial charge >= 0.3 is 0 Å². The number of hydrogen-bond acceptors (Lipinski definition) is 4. The third kappa shape index (κ3) is 2.18. The van der Waals surface area contributed by atoms with Crippen molar-refractivity contribution in [2.75, 3.05) is 13.1 Å². The Balaban J connectivity index is 1.70. The third-order valence-electron chi connectivity index (χ3n) is 4.29. The van der Waals surface area contributed by atoms with Gasteiger partial charge in [-0.25, -0.2) is 4.98 Å². The molecule has 0 saturated heterocycles. The molecule has 6 heteroatoms. The van der Waals surface area contributed by atoms with E-state index in [0.29, 0.717) is 31.4 Å². The van der Waals surface area contributed by atoms with E-state index in [9.17, 15) is 9.59 Å². The first-order valence-electron chi connectivity index (χ1n) is 7.42. The van der Waals surface area contributed by atoms with Gasteiger partial charge in [0, 0.05) is 36.9 Å². The van der Waals surface area contributed by atoms with E-state index in [2.05, 4.69) is 4.98 Å². The predicted molar refractivity (Wildman–Crippen MR) is 81.6 cm³/mol. The number of fused-ring (bicyclic) bond motifs is 2. The summed E-state index contributed by atoms with van der Waals surface area (Å²) in [5.74, 6) is 1.32. The van der Waals surface area contributed by atoms with Crippen molar-refractivity contribution >= 4 is 27.5 Å². The summed E-state index contributed by atoms with van der Waals surface area (Å²) in [7, 11) is 0. The molecule has 0 bridgehead atoms. The summed E-state index contributed by atoms with van der Waals surface area (Å²) in [4.78, 5) is 33.3. The van der Waals surface area contributed by atoms with Gasteiger partial charge < -0.3 is 4.90 Å². The molecule has 21 heavy (non-hydrogen) atoms. The highest BCUT2D eigenvalue weighted by Crippen LogP contribution is 2.31. The summed E-state index contributed by atoms with van der Waals surface area (Å²) in [5, 5.41) is 0.711. The van der Waals surface area contributed by atoms with Gasteiger partial charge in [0.2, 0.25) is 5.91 Å². The number of aromatic nitrogens is 2. The molecule has 0 spiro atoms. The Bertz CT molecular complexity index is 788. The topological polar surface area (TPSA) is 55.2 Å². The van der Waals surface area contributed by atoms with E-state index in [1.807, 2.05) is 17.9 Å². The fraction of sp³-hybridized carbons (Fsp3) is 0.533. The van der Waals surface area contributed by atoms with E-state index < -0.39 is 0 Å². The molecule has 2 aromatic rings. The predicted octanol–water partition coefficient (Wildman–Crippen LogP) is 1.56. The number of hydrogen-bond donors (Lipinski definition) is 0. The van der Waals surface area contributed by atoms with Gasteiger partial charge in [-0.1, -0.05) is 0 Å². The first kappa shape index (κ1) is 13.0. The van der Waals surface area contributed by atoms with Gasteiger partial charge in [-0.2, -0.15) is 0 Å². The lowest BCUT2D eigenvalue weighted by Crippen LogP contribution is -2.35.